The highest BCUT2D eigenvalue weighted by Gasteiger charge is 2.38. The predicted octanol–water partition coefficient (Wildman–Crippen LogP) is 11.4. The number of allylic oxidation sites excluding steroid dienone is 5. The Kier molecular flexibility index (Phi) is 7.26. The lowest BCUT2D eigenvalue weighted by Crippen LogP contribution is -2.31. The van der Waals surface area contributed by atoms with E-state index in [9.17, 15) is 0 Å². The lowest BCUT2D eigenvalue weighted by atomic mass is 9.62. The van der Waals surface area contributed by atoms with Crippen LogP contribution in [0.3, 0.4) is 0 Å². The van der Waals surface area contributed by atoms with Crippen LogP contribution < -0.4 is 4.90 Å². The molecule has 0 bridgehead atoms. The molecule has 0 N–H and O–H groups in total. The van der Waals surface area contributed by atoms with Gasteiger partial charge in [-0.25, -0.2) is 9.83 Å². The molecule has 1 unspecified atom stereocenters. The molecule has 0 fully saturated rings. The lowest BCUT2D eigenvalue weighted by Gasteiger charge is -2.42. The van der Waals surface area contributed by atoms with Crippen LogP contribution >= 0.6 is 0 Å². The summed E-state index contributed by atoms with van der Waals surface area (Å²) < 4.78 is 6.04. The first-order valence-electron chi connectivity index (χ1n) is 15.7. The zero-order valence-electron chi connectivity index (χ0n) is 26.3. The van der Waals surface area contributed by atoms with Crippen molar-refractivity contribution in [3.05, 3.63) is 154 Å². The summed E-state index contributed by atoms with van der Waals surface area (Å²) in [4.78, 5) is 10.9. The topological polar surface area (TPSA) is 33.6 Å². The van der Waals surface area contributed by atoms with Gasteiger partial charge in [0.25, 0.3) is 5.70 Å². The molecule has 0 spiro atoms. The van der Waals surface area contributed by atoms with Crippen LogP contribution in [0.2, 0.25) is 0 Å². The first kappa shape index (κ1) is 28.6. The molecule has 5 aromatic rings. The van der Waals surface area contributed by atoms with Gasteiger partial charge in [0.1, 0.15) is 5.52 Å². The number of fused-ring (bicyclic) bond motifs is 2. The third kappa shape index (κ3) is 5.51. The molecule has 1 atom stereocenters. The molecule has 45 heavy (non-hydrogen) atoms. The molecule has 222 valence electrons. The largest absolute Gasteiger partial charge is 0.447 e. The van der Waals surface area contributed by atoms with Gasteiger partial charge < -0.3 is 9.32 Å². The molecular formula is C41H37N3O. The SMILES string of the molecule is [C-]#[N+]C(=C1C=C2C=C(c3ccc(N(c4ccc(C)cc4)c4ccc(C)cc4)cc3)CCC2C(C)(C)C1)c1nc2ccccc2o1. The van der Waals surface area contributed by atoms with Crippen LogP contribution in [0.15, 0.2) is 125 Å². The average molecular weight is 588 g/mol. The third-order valence-corrected chi connectivity index (χ3v) is 9.37. The van der Waals surface area contributed by atoms with Crippen LogP contribution in [-0.2, 0) is 0 Å². The molecular weight excluding hydrogens is 550 g/mol. The van der Waals surface area contributed by atoms with E-state index in [1.54, 1.807) is 0 Å². The van der Waals surface area contributed by atoms with Gasteiger partial charge in [0.05, 0.1) is 6.57 Å². The van der Waals surface area contributed by atoms with Crippen LogP contribution in [0.5, 0.6) is 0 Å². The van der Waals surface area contributed by atoms with Gasteiger partial charge in [0.2, 0.25) is 5.89 Å². The summed E-state index contributed by atoms with van der Waals surface area (Å²) in [7, 11) is 0. The minimum absolute atomic E-state index is 0.0236. The maximum atomic E-state index is 8.06. The van der Waals surface area contributed by atoms with Crippen molar-refractivity contribution in [2.24, 2.45) is 11.3 Å². The highest BCUT2D eigenvalue weighted by atomic mass is 16.3. The van der Waals surface area contributed by atoms with Crippen LogP contribution in [0.4, 0.5) is 17.1 Å². The van der Waals surface area contributed by atoms with Gasteiger partial charge in [-0.05, 0) is 115 Å². The Morgan fingerprint density at radius 1 is 0.822 bits per heavy atom. The molecule has 0 saturated heterocycles. The molecule has 2 aliphatic rings. The van der Waals surface area contributed by atoms with E-state index in [-0.39, 0.29) is 5.41 Å². The molecule has 7 rings (SSSR count). The summed E-state index contributed by atoms with van der Waals surface area (Å²) in [5, 5.41) is 0. The third-order valence-electron chi connectivity index (χ3n) is 9.37. The van der Waals surface area contributed by atoms with Gasteiger partial charge in [-0.15, -0.1) is 0 Å². The fourth-order valence-corrected chi connectivity index (χ4v) is 6.96. The van der Waals surface area contributed by atoms with Gasteiger partial charge in [-0.3, -0.25) is 0 Å². The van der Waals surface area contributed by atoms with Gasteiger partial charge in [0, 0.05) is 17.1 Å². The minimum Gasteiger partial charge on any atom is -0.447 e. The Morgan fingerprint density at radius 2 is 1.42 bits per heavy atom. The number of rotatable bonds is 5. The summed E-state index contributed by atoms with van der Waals surface area (Å²) in [5.41, 5.74) is 12.8. The Labute approximate surface area is 265 Å². The van der Waals surface area contributed by atoms with Crippen molar-refractivity contribution in [3.63, 3.8) is 0 Å². The van der Waals surface area contributed by atoms with E-state index >= 15 is 0 Å². The quantitative estimate of drug-likeness (QED) is 0.192. The number of aryl methyl sites for hydroxylation is 2. The molecule has 0 saturated carbocycles. The van der Waals surface area contributed by atoms with E-state index in [2.05, 4.69) is 127 Å². The van der Waals surface area contributed by atoms with E-state index in [1.807, 2.05) is 24.3 Å². The standard InChI is InChI=1S/C41H37N3O/c1-27-10-17-33(18-11-27)44(34-19-12-28(2)13-20-34)35-21-14-29(15-22-35)30-16-23-36-31(24-30)25-32(26-41(36,3)4)39(42-5)40-43-37-8-6-7-9-38(37)45-40/h6-15,17-22,24-25,36H,16,23,26H2,1-4H3. The van der Waals surface area contributed by atoms with Crippen LogP contribution in [0, 0.1) is 31.8 Å². The van der Waals surface area contributed by atoms with E-state index < -0.39 is 0 Å². The first-order chi connectivity index (χ1) is 21.8. The smallest absolute Gasteiger partial charge is 0.250 e. The Bertz CT molecular complexity index is 1940. The first-order valence-corrected chi connectivity index (χ1v) is 15.7. The fourth-order valence-electron chi connectivity index (χ4n) is 6.96. The zero-order chi connectivity index (χ0) is 31.1. The average Bonchev–Trinajstić information content (AvgIpc) is 3.47. The molecule has 1 heterocycles. The number of aromatic nitrogens is 1. The van der Waals surface area contributed by atoms with Gasteiger partial charge in [-0.2, -0.15) is 0 Å². The fraction of sp³-hybridized carbons (Fsp3) is 0.220. The number of anilines is 3. The van der Waals surface area contributed by atoms with Crippen molar-refractivity contribution < 1.29 is 4.42 Å². The number of hydrogen-bond donors (Lipinski definition) is 0. The summed E-state index contributed by atoms with van der Waals surface area (Å²) >= 11 is 0. The molecule has 0 aliphatic heterocycles. The highest BCUT2D eigenvalue weighted by Crippen LogP contribution is 2.51. The lowest BCUT2D eigenvalue weighted by molar-refractivity contribution is 0.228. The normalized spacial score (nSPS) is 18.4. The minimum atomic E-state index is 0.0236. The molecule has 4 heteroatoms. The second kappa shape index (κ2) is 11.4. The summed E-state index contributed by atoms with van der Waals surface area (Å²) in [6.07, 6.45) is 7.56. The Morgan fingerprint density at radius 3 is 2.02 bits per heavy atom. The maximum Gasteiger partial charge on any atom is 0.250 e. The monoisotopic (exact) mass is 587 g/mol. The number of benzene rings is 4. The predicted molar refractivity (Wildman–Crippen MR) is 185 cm³/mol. The highest BCUT2D eigenvalue weighted by molar-refractivity contribution is 5.81. The van der Waals surface area contributed by atoms with Crippen molar-refractivity contribution >= 4 is 39.4 Å². The summed E-state index contributed by atoms with van der Waals surface area (Å²) in [6, 6.07) is 34.1. The van der Waals surface area contributed by atoms with Gasteiger partial charge in [0.15, 0.2) is 5.58 Å². The summed E-state index contributed by atoms with van der Waals surface area (Å²) in [5.74, 6) is 0.855. The molecule has 4 aromatic carbocycles. The molecule has 4 nitrogen and oxygen atoms in total. The molecule has 0 amide bonds. The second-order valence-electron chi connectivity index (χ2n) is 13.1. The Hall–Kier alpha value is -5.14. The molecule has 0 radical (unpaired) electrons. The number of hydrogen-bond acceptors (Lipinski definition) is 3. The van der Waals surface area contributed by atoms with Crippen molar-refractivity contribution in [3.8, 4) is 0 Å². The number of oxazole rings is 1. The number of para-hydroxylation sites is 2. The van der Waals surface area contributed by atoms with E-state index in [1.165, 1.54) is 27.8 Å². The zero-order valence-corrected chi connectivity index (χ0v) is 26.3. The van der Waals surface area contributed by atoms with Crippen LogP contribution in [-0.4, -0.2) is 4.98 Å². The van der Waals surface area contributed by atoms with Gasteiger partial charge >= 0.3 is 0 Å². The van der Waals surface area contributed by atoms with E-state index in [0.29, 0.717) is 23.1 Å². The van der Waals surface area contributed by atoms with Crippen molar-refractivity contribution in [2.45, 2.75) is 47.0 Å². The van der Waals surface area contributed by atoms with Crippen molar-refractivity contribution in [2.75, 3.05) is 4.90 Å². The second-order valence-corrected chi connectivity index (χ2v) is 13.1. The van der Waals surface area contributed by atoms with Crippen molar-refractivity contribution in [1.82, 2.24) is 4.98 Å². The van der Waals surface area contributed by atoms with E-state index in [4.69, 9.17) is 11.0 Å². The van der Waals surface area contributed by atoms with Crippen molar-refractivity contribution in [1.29, 1.82) is 0 Å². The van der Waals surface area contributed by atoms with E-state index in [0.717, 1.165) is 47.4 Å². The van der Waals surface area contributed by atoms with Crippen LogP contribution in [0.1, 0.15) is 55.7 Å². The molecule has 2 aliphatic carbocycles. The summed E-state index contributed by atoms with van der Waals surface area (Å²) in [6.45, 7) is 17.0. The van der Waals surface area contributed by atoms with Gasteiger partial charge in [-0.1, -0.05) is 85.7 Å². The maximum absolute atomic E-state index is 8.06. The Balaban J connectivity index is 1.24. The van der Waals surface area contributed by atoms with Crippen LogP contribution in [0.25, 0.3) is 27.2 Å². The number of nitrogens with zero attached hydrogens (tertiary/aromatic N) is 3. The molecule has 1 aromatic heterocycles.